The minimum atomic E-state index is -4.41. The van der Waals surface area contributed by atoms with Crippen molar-refractivity contribution in [3.8, 4) is 10.6 Å². The average molecular weight is 391 g/mol. The number of benzene rings is 1. The molecule has 1 amide bonds. The Kier molecular flexibility index (Phi) is 5.55. The Hall–Kier alpha value is -2.74. The smallest absolute Gasteiger partial charge is 0.352 e. The van der Waals surface area contributed by atoms with Crippen molar-refractivity contribution in [2.24, 2.45) is 0 Å². The molecule has 0 spiro atoms. The van der Waals surface area contributed by atoms with Crippen LogP contribution in [0.4, 0.5) is 13.2 Å². The lowest BCUT2D eigenvalue weighted by Gasteiger charge is -2.08. The van der Waals surface area contributed by atoms with Gasteiger partial charge in [-0.3, -0.25) is 9.78 Å². The van der Waals surface area contributed by atoms with Crippen LogP contribution >= 0.6 is 11.3 Å². The molecule has 1 aromatic carbocycles. The molecular formula is C19H16F3N3OS. The normalized spacial score (nSPS) is 11.4. The SMILES string of the molecule is Cc1nc(-c2cccnc2)sc1CCNC(=O)c1ccc(C(F)(F)F)cc1. The van der Waals surface area contributed by atoms with Crippen molar-refractivity contribution in [3.63, 3.8) is 0 Å². The summed E-state index contributed by atoms with van der Waals surface area (Å²) in [7, 11) is 0. The van der Waals surface area contributed by atoms with Gasteiger partial charge in [-0.05, 0) is 43.3 Å². The van der Waals surface area contributed by atoms with Crippen LogP contribution in [0.1, 0.15) is 26.5 Å². The molecule has 0 unspecified atom stereocenters. The number of hydrogen-bond acceptors (Lipinski definition) is 4. The molecule has 0 atom stereocenters. The first-order valence-electron chi connectivity index (χ1n) is 8.17. The molecule has 27 heavy (non-hydrogen) atoms. The number of rotatable bonds is 5. The maximum absolute atomic E-state index is 12.6. The lowest BCUT2D eigenvalue weighted by Crippen LogP contribution is -2.25. The Balaban J connectivity index is 1.58. The molecule has 0 saturated carbocycles. The van der Waals surface area contributed by atoms with Crippen molar-refractivity contribution in [1.82, 2.24) is 15.3 Å². The summed E-state index contributed by atoms with van der Waals surface area (Å²) in [6.07, 6.45) is -0.378. The number of carbonyl (C=O) groups excluding carboxylic acids is 1. The molecule has 0 aliphatic carbocycles. The third-order valence-electron chi connectivity index (χ3n) is 3.91. The number of alkyl halides is 3. The number of hydrogen-bond donors (Lipinski definition) is 1. The third-order valence-corrected chi connectivity index (χ3v) is 5.18. The standard InChI is InChI=1S/C19H16F3N3OS/c1-12-16(27-18(25-12)14-3-2-9-23-11-14)8-10-24-17(26)13-4-6-15(7-5-13)19(20,21)22/h2-7,9,11H,8,10H2,1H3,(H,24,26). The van der Waals surface area contributed by atoms with E-state index < -0.39 is 17.6 Å². The van der Waals surface area contributed by atoms with Gasteiger partial charge in [0, 0.05) is 41.4 Å². The lowest BCUT2D eigenvalue weighted by molar-refractivity contribution is -0.137. The van der Waals surface area contributed by atoms with Crippen LogP contribution in [0.15, 0.2) is 48.8 Å². The van der Waals surface area contributed by atoms with Gasteiger partial charge < -0.3 is 5.32 Å². The van der Waals surface area contributed by atoms with Crippen LogP contribution in [0, 0.1) is 6.92 Å². The first kappa shape index (κ1) is 19.0. The van der Waals surface area contributed by atoms with Gasteiger partial charge in [0.1, 0.15) is 5.01 Å². The molecule has 1 N–H and O–H groups in total. The van der Waals surface area contributed by atoms with Gasteiger partial charge in [-0.25, -0.2) is 4.98 Å². The molecule has 4 nitrogen and oxygen atoms in total. The van der Waals surface area contributed by atoms with E-state index >= 15 is 0 Å². The van der Waals surface area contributed by atoms with Gasteiger partial charge in [0.2, 0.25) is 0 Å². The van der Waals surface area contributed by atoms with Gasteiger partial charge in [-0.15, -0.1) is 11.3 Å². The number of pyridine rings is 1. The molecule has 0 bridgehead atoms. The Morgan fingerprint density at radius 3 is 2.56 bits per heavy atom. The molecule has 140 valence electrons. The number of aromatic nitrogens is 2. The van der Waals surface area contributed by atoms with Crippen LogP contribution in [0.5, 0.6) is 0 Å². The van der Waals surface area contributed by atoms with Gasteiger partial charge in [0.15, 0.2) is 0 Å². The fraction of sp³-hybridized carbons (Fsp3) is 0.211. The second-order valence-electron chi connectivity index (χ2n) is 5.85. The van der Waals surface area contributed by atoms with Crippen LogP contribution in [0.2, 0.25) is 0 Å². The van der Waals surface area contributed by atoms with Gasteiger partial charge in [-0.2, -0.15) is 13.2 Å². The number of halogens is 3. The predicted molar refractivity (Wildman–Crippen MR) is 97.6 cm³/mol. The van der Waals surface area contributed by atoms with E-state index in [1.807, 2.05) is 19.1 Å². The summed E-state index contributed by atoms with van der Waals surface area (Å²) in [5.74, 6) is -0.404. The highest BCUT2D eigenvalue weighted by atomic mass is 32.1. The van der Waals surface area contributed by atoms with Crippen molar-refractivity contribution < 1.29 is 18.0 Å². The zero-order valence-electron chi connectivity index (χ0n) is 14.4. The van der Waals surface area contributed by atoms with Crippen molar-refractivity contribution in [2.75, 3.05) is 6.54 Å². The van der Waals surface area contributed by atoms with Crippen LogP contribution in [-0.2, 0) is 12.6 Å². The summed E-state index contributed by atoms with van der Waals surface area (Å²) >= 11 is 1.54. The zero-order valence-corrected chi connectivity index (χ0v) is 15.2. The molecule has 0 fully saturated rings. The summed E-state index contributed by atoms with van der Waals surface area (Å²) in [6.45, 7) is 2.28. The summed E-state index contributed by atoms with van der Waals surface area (Å²) in [6, 6.07) is 7.94. The molecule has 2 aromatic heterocycles. The van der Waals surface area contributed by atoms with Crippen molar-refractivity contribution in [1.29, 1.82) is 0 Å². The van der Waals surface area contributed by atoms with E-state index in [2.05, 4.69) is 15.3 Å². The summed E-state index contributed by atoms with van der Waals surface area (Å²) < 4.78 is 37.7. The molecule has 2 heterocycles. The summed E-state index contributed by atoms with van der Waals surface area (Å²) in [5.41, 5.74) is 1.25. The second kappa shape index (κ2) is 7.87. The highest BCUT2D eigenvalue weighted by Crippen LogP contribution is 2.29. The monoisotopic (exact) mass is 391 g/mol. The van der Waals surface area contributed by atoms with Crippen molar-refractivity contribution in [3.05, 3.63) is 70.5 Å². The molecule has 0 radical (unpaired) electrons. The van der Waals surface area contributed by atoms with E-state index in [1.54, 1.807) is 12.4 Å². The second-order valence-corrected chi connectivity index (χ2v) is 6.93. The lowest BCUT2D eigenvalue weighted by atomic mass is 10.1. The Morgan fingerprint density at radius 2 is 1.93 bits per heavy atom. The number of thiazole rings is 1. The molecule has 8 heteroatoms. The summed E-state index contributed by atoms with van der Waals surface area (Å²) in [5, 5.41) is 3.59. The Labute approximate surface area is 158 Å². The first-order valence-corrected chi connectivity index (χ1v) is 8.98. The van der Waals surface area contributed by atoms with Crippen LogP contribution in [0.3, 0.4) is 0 Å². The van der Waals surface area contributed by atoms with E-state index in [0.717, 1.165) is 33.3 Å². The number of carbonyl (C=O) groups is 1. The fourth-order valence-electron chi connectivity index (χ4n) is 2.47. The average Bonchev–Trinajstić information content (AvgIpc) is 3.02. The van der Waals surface area contributed by atoms with Crippen LogP contribution in [-0.4, -0.2) is 22.4 Å². The molecule has 0 aliphatic heterocycles. The third kappa shape index (κ3) is 4.71. The topological polar surface area (TPSA) is 54.9 Å². The van der Waals surface area contributed by atoms with Crippen molar-refractivity contribution >= 4 is 17.2 Å². The molecule has 3 rings (SSSR count). The maximum atomic E-state index is 12.6. The Bertz CT molecular complexity index is 922. The van der Waals surface area contributed by atoms with E-state index in [9.17, 15) is 18.0 Å². The molecular weight excluding hydrogens is 375 g/mol. The van der Waals surface area contributed by atoms with Gasteiger partial charge >= 0.3 is 6.18 Å². The van der Waals surface area contributed by atoms with Crippen LogP contribution < -0.4 is 5.32 Å². The van der Waals surface area contributed by atoms with Gasteiger partial charge in [-0.1, -0.05) is 0 Å². The summed E-state index contributed by atoms with van der Waals surface area (Å²) in [4.78, 5) is 21.7. The number of amides is 1. The predicted octanol–water partition coefficient (Wildman–Crippen LogP) is 4.50. The fourth-order valence-corrected chi connectivity index (χ4v) is 3.53. The van der Waals surface area contributed by atoms with Gasteiger partial charge in [0.05, 0.1) is 11.3 Å². The van der Waals surface area contributed by atoms with E-state index in [-0.39, 0.29) is 5.56 Å². The quantitative estimate of drug-likeness (QED) is 0.697. The molecule has 0 saturated heterocycles. The van der Waals surface area contributed by atoms with E-state index in [0.29, 0.717) is 13.0 Å². The molecule has 0 aliphatic rings. The minimum absolute atomic E-state index is 0.195. The number of aryl methyl sites for hydroxylation is 1. The first-order chi connectivity index (χ1) is 12.8. The minimum Gasteiger partial charge on any atom is -0.352 e. The highest BCUT2D eigenvalue weighted by Gasteiger charge is 2.30. The zero-order chi connectivity index (χ0) is 19.4. The van der Waals surface area contributed by atoms with Crippen molar-refractivity contribution in [2.45, 2.75) is 19.5 Å². The van der Waals surface area contributed by atoms with E-state index in [1.165, 1.54) is 23.5 Å². The largest absolute Gasteiger partial charge is 0.416 e. The van der Waals surface area contributed by atoms with E-state index in [4.69, 9.17) is 0 Å². The number of nitrogens with one attached hydrogen (secondary N) is 1. The van der Waals surface area contributed by atoms with Gasteiger partial charge in [0.25, 0.3) is 5.91 Å². The maximum Gasteiger partial charge on any atom is 0.416 e. The highest BCUT2D eigenvalue weighted by molar-refractivity contribution is 7.15. The number of nitrogens with zero attached hydrogens (tertiary/aromatic N) is 2. The van der Waals surface area contributed by atoms with Crippen LogP contribution in [0.25, 0.3) is 10.6 Å². The Morgan fingerprint density at radius 1 is 1.19 bits per heavy atom. The molecule has 3 aromatic rings.